The highest BCUT2D eigenvalue weighted by Crippen LogP contribution is 2.14. The van der Waals surface area contributed by atoms with Gasteiger partial charge in [-0.15, -0.1) is 11.6 Å². The first-order valence-electron chi connectivity index (χ1n) is 3.77. The summed E-state index contributed by atoms with van der Waals surface area (Å²) < 4.78 is 1.99. The molecule has 0 aliphatic rings. The zero-order valence-electron chi connectivity index (χ0n) is 6.79. The maximum atomic E-state index is 5.72. The molecule has 2 rings (SSSR count). The molecule has 0 N–H and O–H groups in total. The largest absolute Gasteiger partial charge is 0.334 e. The number of aryl methyl sites for hydroxylation is 1. The molecule has 1 heterocycles. The van der Waals surface area contributed by atoms with E-state index in [1.807, 2.05) is 30.1 Å². The Hall–Kier alpha value is -1.02. The normalized spacial score (nSPS) is 10.8. The Balaban J connectivity index is 2.71. The van der Waals surface area contributed by atoms with Gasteiger partial charge in [0.2, 0.25) is 0 Å². The van der Waals surface area contributed by atoms with E-state index in [4.69, 9.17) is 11.6 Å². The molecule has 0 amide bonds. The molecule has 0 fully saturated rings. The molecule has 0 spiro atoms. The summed E-state index contributed by atoms with van der Waals surface area (Å²) in [6.45, 7) is 0. The number of hydrogen-bond donors (Lipinski definition) is 0. The topological polar surface area (TPSA) is 17.8 Å². The Morgan fingerprint density at radius 2 is 2.33 bits per heavy atom. The van der Waals surface area contributed by atoms with Crippen LogP contribution in [0.3, 0.4) is 0 Å². The van der Waals surface area contributed by atoms with Crippen LogP contribution in [-0.4, -0.2) is 9.55 Å². The van der Waals surface area contributed by atoms with E-state index < -0.39 is 0 Å². The van der Waals surface area contributed by atoms with Crippen molar-refractivity contribution < 1.29 is 0 Å². The van der Waals surface area contributed by atoms with E-state index in [-0.39, 0.29) is 0 Å². The van der Waals surface area contributed by atoms with Gasteiger partial charge in [-0.3, -0.25) is 0 Å². The summed E-state index contributed by atoms with van der Waals surface area (Å²) in [4.78, 5) is 4.21. The Labute approximate surface area is 75.8 Å². The molecule has 0 aliphatic carbocycles. The molecule has 0 atom stereocenters. The van der Waals surface area contributed by atoms with Crippen LogP contribution in [0.15, 0.2) is 24.5 Å². The third kappa shape index (κ3) is 1.08. The van der Waals surface area contributed by atoms with Gasteiger partial charge < -0.3 is 4.57 Å². The monoisotopic (exact) mass is 180 g/mol. The van der Waals surface area contributed by atoms with E-state index in [1.54, 1.807) is 0 Å². The maximum Gasteiger partial charge on any atom is 0.0955 e. The molecular formula is C9H9ClN2. The summed E-state index contributed by atoms with van der Waals surface area (Å²) in [5.74, 6) is 0.557. The predicted molar refractivity (Wildman–Crippen MR) is 50.3 cm³/mol. The average Bonchev–Trinajstić information content (AvgIpc) is 2.47. The van der Waals surface area contributed by atoms with E-state index in [1.165, 1.54) is 0 Å². The van der Waals surface area contributed by atoms with Crippen molar-refractivity contribution in [2.45, 2.75) is 5.88 Å². The molecule has 0 radical (unpaired) electrons. The number of nitrogens with zero attached hydrogens (tertiary/aromatic N) is 2. The molecule has 1 aromatic heterocycles. The molecule has 62 valence electrons. The number of fused-ring (bicyclic) bond motifs is 1. The molecule has 3 heteroatoms. The van der Waals surface area contributed by atoms with Gasteiger partial charge in [0.25, 0.3) is 0 Å². The molecule has 0 bridgehead atoms. The average molecular weight is 181 g/mol. The predicted octanol–water partition coefficient (Wildman–Crippen LogP) is 2.31. The van der Waals surface area contributed by atoms with Crippen molar-refractivity contribution in [2.24, 2.45) is 7.05 Å². The number of imidazole rings is 1. The molecular weight excluding hydrogens is 172 g/mol. The van der Waals surface area contributed by atoms with Gasteiger partial charge in [-0.05, 0) is 17.7 Å². The highest BCUT2D eigenvalue weighted by atomic mass is 35.5. The van der Waals surface area contributed by atoms with Crippen LogP contribution >= 0.6 is 11.6 Å². The van der Waals surface area contributed by atoms with Crippen LogP contribution in [0, 0.1) is 0 Å². The van der Waals surface area contributed by atoms with Crippen LogP contribution in [0.4, 0.5) is 0 Å². The minimum Gasteiger partial charge on any atom is -0.334 e. The minimum absolute atomic E-state index is 0.557. The van der Waals surface area contributed by atoms with Crippen molar-refractivity contribution in [3.8, 4) is 0 Å². The van der Waals surface area contributed by atoms with Crippen LogP contribution in [0.5, 0.6) is 0 Å². The summed E-state index contributed by atoms with van der Waals surface area (Å²) >= 11 is 5.72. The van der Waals surface area contributed by atoms with Crippen molar-refractivity contribution in [3.05, 3.63) is 30.1 Å². The van der Waals surface area contributed by atoms with Gasteiger partial charge in [-0.2, -0.15) is 0 Å². The van der Waals surface area contributed by atoms with Crippen LogP contribution in [0.25, 0.3) is 11.0 Å². The molecule has 2 aromatic rings. The highest BCUT2D eigenvalue weighted by Gasteiger charge is 1.99. The fraction of sp³-hybridized carbons (Fsp3) is 0.222. The second-order valence-corrected chi connectivity index (χ2v) is 3.08. The van der Waals surface area contributed by atoms with Crippen LogP contribution in [-0.2, 0) is 12.9 Å². The van der Waals surface area contributed by atoms with Crippen molar-refractivity contribution in [1.82, 2.24) is 9.55 Å². The van der Waals surface area contributed by atoms with Gasteiger partial charge in [0, 0.05) is 12.9 Å². The number of alkyl halides is 1. The summed E-state index contributed by atoms with van der Waals surface area (Å²) in [5.41, 5.74) is 3.28. The fourth-order valence-electron chi connectivity index (χ4n) is 1.25. The van der Waals surface area contributed by atoms with Crippen molar-refractivity contribution in [3.63, 3.8) is 0 Å². The van der Waals surface area contributed by atoms with E-state index in [2.05, 4.69) is 11.1 Å². The number of halogens is 1. The smallest absolute Gasteiger partial charge is 0.0955 e. The van der Waals surface area contributed by atoms with Crippen LogP contribution in [0.2, 0.25) is 0 Å². The summed E-state index contributed by atoms with van der Waals surface area (Å²) in [5, 5.41) is 0. The lowest BCUT2D eigenvalue weighted by Crippen LogP contribution is -1.85. The minimum atomic E-state index is 0.557. The Bertz CT molecular complexity index is 406. The van der Waals surface area contributed by atoms with Gasteiger partial charge in [-0.25, -0.2) is 4.98 Å². The van der Waals surface area contributed by atoms with Gasteiger partial charge in [0.1, 0.15) is 0 Å². The highest BCUT2D eigenvalue weighted by molar-refractivity contribution is 6.17. The van der Waals surface area contributed by atoms with Crippen LogP contribution in [0.1, 0.15) is 5.56 Å². The first-order valence-corrected chi connectivity index (χ1v) is 4.30. The van der Waals surface area contributed by atoms with E-state index >= 15 is 0 Å². The second-order valence-electron chi connectivity index (χ2n) is 2.81. The SMILES string of the molecule is Cn1cnc2ccc(CCl)cc21. The van der Waals surface area contributed by atoms with Gasteiger partial charge >= 0.3 is 0 Å². The maximum absolute atomic E-state index is 5.72. The summed E-state index contributed by atoms with van der Waals surface area (Å²) in [6, 6.07) is 6.06. The van der Waals surface area contributed by atoms with E-state index in [0.29, 0.717) is 5.88 Å². The summed E-state index contributed by atoms with van der Waals surface area (Å²) in [6.07, 6.45) is 1.81. The molecule has 0 saturated heterocycles. The first-order chi connectivity index (χ1) is 5.81. The van der Waals surface area contributed by atoms with Crippen molar-refractivity contribution in [1.29, 1.82) is 0 Å². The molecule has 0 saturated carbocycles. The standard InChI is InChI=1S/C9H9ClN2/c1-12-6-11-8-3-2-7(5-10)4-9(8)12/h2-4,6H,5H2,1H3. The lowest BCUT2D eigenvalue weighted by Gasteiger charge is -1.96. The number of rotatable bonds is 1. The molecule has 1 aromatic carbocycles. The third-order valence-electron chi connectivity index (χ3n) is 1.94. The second kappa shape index (κ2) is 2.79. The first kappa shape index (κ1) is 7.62. The Kier molecular flexibility index (Phi) is 1.77. The van der Waals surface area contributed by atoms with Crippen molar-refractivity contribution in [2.75, 3.05) is 0 Å². The Morgan fingerprint density at radius 3 is 3.08 bits per heavy atom. The third-order valence-corrected chi connectivity index (χ3v) is 2.25. The van der Waals surface area contributed by atoms with Gasteiger partial charge in [0.15, 0.2) is 0 Å². The van der Waals surface area contributed by atoms with Crippen LogP contribution < -0.4 is 0 Å². The van der Waals surface area contributed by atoms with E-state index in [9.17, 15) is 0 Å². The molecule has 12 heavy (non-hydrogen) atoms. The van der Waals surface area contributed by atoms with Crippen molar-refractivity contribution >= 4 is 22.6 Å². The lowest BCUT2D eigenvalue weighted by atomic mass is 10.2. The Morgan fingerprint density at radius 1 is 1.50 bits per heavy atom. The number of hydrogen-bond acceptors (Lipinski definition) is 1. The number of aromatic nitrogens is 2. The van der Waals surface area contributed by atoms with E-state index in [0.717, 1.165) is 16.6 Å². The number of benzene rings is 1. The van der Waals surface area contributed by atoms with Gasteiger partial charge in [0.05, 0.1) is 17.4 Å². The summed E-state index contributed by atoms with van der Waals surface area (Å²) in [7, 11) is 1.98. The molecule has 0 unspecified atom stereocenters. The fourth-order valence-corrected chi connectivity index (χ4v) is 1.42. The zero-order chi connectivity index (χ0) is 8.55. The molecule has 0 aliphatic heterocycles. The zero-order valence-corrected chi connectivity index (χ0v) is 7.54. The van der Waals surface area contributed by atoms with Gasteiger partial charge in [-0.1, -0.05) is 6.07 Å². The molecule has 2 nitrogen and oxygen atoms in total. The quantitative estimate of drug-likeness (QED) is 0.616. The lowest BCUT2D eigenvalue weighted by molar-refractivity contribution is 0.947.